The number of likely N-dealkylation sites (N-methyl/N-ethyl adjacent to an activating group) is 1. The summed E-state index contributed by atoms with van der Waals surface area (Å²) in [6.07, 6.45) is 0. The molecule has 0 amide bonds. The molecule has 7 nitrogen and oxygen atoms in total. The van der Waals surface area contributed by atoms with Crippen molar-refractivity contribution in [1.29, 1.82) is 0 Å². The van der Waals surface area contributed by atoms with Gasteiger partial charge in [0.05, 0.1) is 18.6 Å². The van der Waals surface area contributed by atoms with Gasteiger partial charge in [0.1, 0.15) is 11.3 Å². The monoisotopic (exact) mass is 317 g/mol. The summed E-state index contributed by atoms with van der Waals surface area (Å²) in [6, 6.07) is 3.77. The lowest BCUT2D eigenvalue weighted by molar-refractivity contribution is 0.0693. The molecule has 0 atom stereocenters. The molecule has 1 N–H and O–H groups in total. The largest absolute Gasteiger partial charge is 0.496 e. The Kier molecular flexibility index (Phi) is 6.13. The van der Waals surface area contributed by atoms with Crippen LogP contribution in [0.5, 0.6) is 5.75 Å². The summed E-state index contributed by atoms with van der Waals surface area (Å²) in [6.45, 7) is 2.42. The molecule has 0 aromatic heterocycles. The number of hydrogen-bond donors (Lipinski definition) is 1. The third-order valence-electron chi connectivity index (χ3n) is 2.94. The van der Waals surface area contributed by atoms with Gasteiger partial charge in [0, 0.05) is 20.2 Å². The molecular formula is C13H19NO6S. The van der Waals surface area contributed by atoms with Gasteiger partial charge >= 0.3 is 5.97 Å². The Hall–Kier alpha value is -1.64. The Balaban J connectivity index is 3.24. The fraction of sp³-hybridized carbons (Fsp3) is 0.462. The van der Waals surface area contributed by atoms with Crippen molar-refractivity contribution in [2.75, 3.05) is 33.9 Å². The van der Waals surface area contributed by atoms with E-state index in [0.717, 1.165) is 6.07 Å². The molecule has 0 aliphatic rings. The molecule has 0 heterocycles. The molecule has 1 rings (SSSR count). The lowest BCUT2D eigenvalue weighted by atomic mass is 10.2. The molecule has 0 spiro atoms. The number of sulfonamides is 1. The van der Waals surface area contributed by atoms with Gasteiger partial charge in [-0.05, 0) is 18.2 Å². The second kappa shape index (κ2) is 7.39. The average molecular weight is 317 g/mol. The first-order chi connectivity index (χ1) is 9.88. The van der Waals surface area contributed by atoms with Crippen LogP contribution < -0.4 is 4.74 Å². The van der Waals surface area contributed by atoms with Crippen molar-refractivity contribution < 1.29 is 27.8 Å². The molecule has 21 heavy (non-hydrogen) atoms. The Morgan fingerprint density at radius 1 is 1.33 bits per heavy atom. The molecule has 0 aliphatic carbocycles. The van der Waals surface area contributed by atoms with Gasteiger partial charge in [-0.15, -0.1) is 0 Å². The zero-order valence-electron chi connectivity index (χ0n) is 12.2. The van der Waals surface area contributed by atoms with Gasteiger partial charge < -0.3 is 14.6 Å². The smallest absolute Gasteiger partial charge is 0.339 e. The van der Waals surface area contributed by atoms with Crippen LogP contribution in [0.1, 0.15) is 17.3 Å². The van der Waals surface area contributed by atoms with Gasteiger partial charge in [-0.2, -0.15) is 4.31 Å². The molecular weight excluding hydrogens is 298 g/mol. The Morgan fingerprint density at radius 3 is 2.48 bits per heavy atom. The van der Waals surface area contributed by atoms with E-state index >= 15 is 0 Å². The van der Waals surface area contributed by atoms with E-state index in [0.29, 0.717) is 0 Å². The Labute approximate surface area is 124 Å². The van der Waals surface area contributed by atoms with Crippen LogP contribution in [0, 0.1) is 0 Å². The van der Waals surface area contributed by atoms with Crippen molar-refractivity contribution in [3.63, 3.8) is 0 Å². The van der Waals surface area contributed by atoms with Gasteiger partial charge in [0.2, 0.25) is 10.0 Å². The van der Waals surface area contributed by atoms with E-state index in [1.807, 2.05) is 0 Å². The van der Waals surface area contributed by atoms with Crippen molar-refractivity contribution >= 4 is 16.0 Å². The third kappa shape index (κ3) is 3.93. The molecule has 0 radical (unpaired) electrons. The summed E-state index contributed by atoms with van der Waals surface area (Å²) in [7, 11) is -0.961. The molecule has 0 aliphatic heterocycles. The summed E-state index contributed by atoms with van der Waals surface area (Å²) in [5, 5.41) is 9.12. The van der Waals surface area contributed by atoms with Crippen LogP contribution in [0.15, 0.2) is 23.1 Å². The van der Waals surface area contributed by atoms with E-state index in [1.165, 1.54) is 30.7 Å². The highest BCUT2D eigenvalue weighted by molar-refractivity contribution is 7.89. The van der Waals surface area contributed by atoms with E-state index < -0.39 is 16.0 Å². The molecule has 0 fully saturated rings. The van der Waals surface area contributed by atoms with Crippen molar-refractivity contribution in [3.05, 3.63) is 23.8 Å². The lowest BCUT2D eigenvalue weighted by Gasteiger charge is -2.20. The maximum atomic E-state index is 12.5. The highest BCUT2D eigenvalue weighted by Crippen LogP contribution is 2.24. The first-order valence-corrected chi connectivity index (χ1v) is 7.72. The minimum absolute atomic E-state index is 0.0846. The summed E-state index contributed by atoms with van der Waals surface area (Å²) in [5.41, 5.74) is -0.193. The lowest BCUT2D eigenvalue weighted by Crippen LogP contribution is -2.33. The molecule has 8 heteroatoms. The second-order valence-corrected chi connectivity index (χ2v) is 6.09. The number of methoxy groups -OCH3 is 2. The van der Waals surface area contributed by atoms with Gasteiger partial charge in [-0.1, -0.05) is 6.92 Å². The fourth-order valence-corrected chi connectivity index (χ4v) is 3.26. The molecule has 1 aromatic rings. The van der Waals surface area contributed by atoms with Crippen LogP contribution in [0.4, 0.5) is 0 Å². The van der Waals surface area contributed by atoms with Crippen LogP contribution in [-0.2, 0) is 14.8 Å². The number of aromatic carboxylic acids is 1. The van der Waals surface area contributed by atoms with E-state index in [1.54, 1.807) is 6.92 Å². The van der Waals surface area contributed by atoms with E-state index in [2.05, 4.69) is 0 Å². The Morgan fingerprint density at radius 2 is 2.00 bits per heavy atom. The molecule has 0 bridgehead atoms. The highest BCUT2D eigenvalue weighted by Gasteiger charge is 2.25. The van der Waals surface area contributed by atoms with Gasteiger partial charge in [0.25, 0.3) is 0 Å². The van der Waals surface area contributed by atoms with Crippen molar-refractivity contribution in [2.24, 2.45) is 0 Å². The normalized spacial score (nSPS) is 11.6. The number of carbonyl (C=O) groups is 1. The van der Waals surface area contributed by atoms with Crippen molar-refractivity contribution in [1.82, 2.24) is 4.31 Å². The number of benzene rings is 1. The number of nitrogens with zero attached hydrogens (tertiary/aromatic N) is 1. The second-order valence-electron chi connectivity index (χ2n) is 4.16. The molecule has 0 saturated carbocycles. The maximum Gasteiger partial charge on any atom is 0.339 e. The predicted octanol–water partition coefficient (Wildman–Crippen LogP) is 1.05. The molecule has 0 saturated heterocycles. The van der Waals surface area contributed by atoms with Gasteiger partial charge in [-0.3, -0.25) is 0 Å². The summed E-state index contributed by atoms with van der Waals surface area (Å²) < 4.78 is 36.0. The zero-order chi connectivity index (χ0) is 16.0. The van der Waals surface area contributed by atoms with E-state index in [9.17, 15) is 13.2 Å². The SMILES string of the molecule is CCN(CCOC)S(=O)(=O)c1ccc(OC)c(C(=O)O)c1. The number of carboxylic acids is 1. The highest BCUT2D eigenvalue weighted by atomic mass is 32.2. The van der Waals surface area contributed by atoms with Gasteiger partial charge in [0.15, 0.2) is 0 Å². The topological polar surface area (TPSA) is 93.1 Å². The summed E-state index contributed by atoms with van der Waals surface area (Å²) in [5.74, 6) is -1.13. The minimum Gasteiger partial charge on any atom is -0.496 e. The number of ether oxygens (including phenoxy) is 2. The maximum absolute atomic E-state index is 12.5. The van der Waals surface area contributed by atoms with Crippen LogP contribution in [-0.4, -0.2) is 57.7 Å². The third-order valence-corrected chi connectivity index (χ3v) is 4.91. The van der Waals surface area contributed by atoms with Gasteiger partial charge in [-0.25, -0.2) is 13.2 Å². The van der Waals surface area contributed by atoms with Crippen LogP contribution in [0.2, 0.25) is 0 Å². The minimum atomic E-state index is -3.77. The quantitative estimate of drug-likeness (QED) is 0.770. The summed E-state index contributed by atoms with van der Waals surface area (Å²) >= 11 is 0. The first kappa shape index (κ1) is 17.4. The number of rotatable bonds is 8. The number of carboxylic acid groups (broad SMARTS) is 1. The molecule has 0 unspecified atom stereocenters. The van der Waals surface area contributed by atoms with Crippen molar-refractivity contribution in [2.45, 2.75) is 11.8 Å². The first-order valence-electron chi connectivity index (χ1n) is 6.28. The van der Waals surface area contributed by atoms with Crippen LogP contribution in [0.3, 0.4) is 0 Å². The average Bonchev–Trinajstić information content (AvgIpc) is 2.46. The van der Waals surface area contributed by atoms with Crippen LogP contribution in [0.25, 0.3) is 0 Å². The summed E-state index contributed by atoms with van der Waals surface area (Å²) in [4.78, 5) is 11.1. The zero-order valence-corrected chi connectivity index (χ0v) is 13.0. The number of hydrogen-bond acceptors (Lipinski definition) is 5. The van der Waals surface area contributed by atoms with Crippen LogP contribution >= 0.6 is 0 Å². The standard InChI is InChI=1S/C13H19NO6S/c1-4-14(7-8-19-2)21(17,18)10-5-6-12(20-3)11(9-10)13(15)16/h5-6,9H,4,7-8H2,1-3H3,(H,15,16). The molecule has 1 aromatic carbocycles. The van der Waals surface area contributed by atoms with Crippen molar-refractivity contribution in [3.8, 4) is 5.75 Å². The fourth-order valence-electron chi connectivity index (χ4n) is 1.81. The van der Waals surface area contributed by atoms with E-state index in [4.69, 9.17) is 14.6 Å². The molecule has 118 valence electrons. The Bertz CT molecular complexity index is 599. The van der Waals surface area contributed by atoms with E-state index in [-0.39, 0.29) is 35.9 Å². The predicted molar refractivity (Wildman–Crippen MR) is 76.3 cm³/mol.